The minimum Gasteiger partial charge on any atom is -0.462 e. The van der Waals surface area contributed by atoms with Gasteiger partial charge in [-0.2, -0.15) is 0 Å². The zero-order chi connectivity index (χ0) is 17.0. The van der Waals surface area contributed by atoms with Gasteiger partial charge in [0, 0.05) is 11.9 Å². The summed E-state index contributed by atoms with van der Waals surface area (Å²) in [7, 11) is 0. The Morgan fingerprint density at radius 3 is 2.70 bits per heavy atom. The van der Waals surface area contributed by atoms with Gasteiger partial charge >= 0.3 is 5.97 Å². The Kier molecular flexibility index (Phi) is 5.60. The number of rotatable bonds is 6. The molecule has 1 N–H and O–H groups in total. The molecule has 0 aliphatic carbocycles. The highest BCUT2D eigenvalue weighted by atomic mass is 32.2. The summed E-state index contributed by atoms with van der Waals surface area (Å²) in [6, 6.07) is 5.58. The summed E-state index contributed by atoms with van der Waals surface area (Å²) in [5, 5.41) is 0.483. The second-order valence-electron chi connectivity index (χ2n) is 5.14. The average Bonchev–Trinajstić information content (AvgIpc) is 2.82. The van der Waals surface area contributed by atoms with Gasteiger partial charge in [0.15, 0.2) is 5.78 Å². The summed E-state index contributed by atoms with van der Waals surface area (Å²) < 4.78 is 5.05. The number of Topliss-reactive ketones (excluding diaryl/α,β-unsaturated/α-hetero) is 1. The molecule has 0 aliphatic heterocycles. The SMILES string of the molecule is CCOC(=O)c1c(C)[nH]c(C(=O)C(C)Sc2ccccn2)c1C. The smallest absolute Gasteiger partial charge is 0.340 e. The molecule has 122 valence electrons. The number of ketones is 1. The monoisotopic (exact) mass is 332 g/mol. The topological polar surface area (TPSA) is 72.1 Å². The van der Waals surface area contributed by atoms with E-state index in [-0.39, 0.29) is 11.0 Å². The number of aromatic amines is 1. The van der Waals surface area contributed by atoms with Gasteiger partial charge in [-0.15, -0.1) is 0 Å². The van der Waals surface area contributed by atoms with Crippen LogP contribution < -0.4 is 0 Å². The number of aromatic nitrogens is 2. The molecule has 0 amide bonds. The number of hydrogen-bond donors (Lipinski definition) is 1. The zero-order valence-corrected chi connectivity index (χ0v) is 14.5. The molecule has 0 aliphatic rings. The molecule has 2 rings (SSSR count). The van der Waals surface area contributed by atoms with Crippen LogP contribution >= 0.6 is 11.8 Å². The van der Waals surface area contributed by atoms with Crippen LogP contribution in [0.1, 0.15) is 46.0 Å². The number of pyridine rings is 1. The van der Waals surface area contributed by atoms with Gasteiger partial charge in [-0.05, 0) is 45.4 Å². The molecule has 0 aromatic carbocycles. The largest absolute Gasteiger partial charge is 0.462 e. The van der Waals surface area contributed by atoms with Gasteiger partial charge in [0.25, 0.3) is 0 Å². The van der Waals surface area contributed by atoms with E-state index >= 15 is 0 Å². The van der Waals surface area contributed by atoms with E-state index in [4.69, 9.17) is 4.74 Å². The third-order valence-corrected chi connectivity index (χ3v) is 4.52. The van der Waals surface area contributed by atoms with Crippen LogP contribution in [0.15, 0.2) is 29.4 Å². The van der Waals surface area contributed by atoms with Crippen molar-refractivity contribution >= 4 is 23.5 Å². The Bertz CT molecular complexity index is 710. The van der Waals surface area contributed by atoms with Crippen LogP contribution in [-0.4, -0.2) is 33.6 Å². The molecule has 0 saturated carbocycles. The second-order valence-corrected chi connectivity index (χ2v) is 6.50. The molecule has 0 saturated heterocycles. The lowest BCUT2D eigenvalue weighted by Gasteiger charge is -2.09. The van der Waals surface area contributed by atoms with Crippen molar-refractivity contribution in [3.63, 3.8) is 0 Å². The first kappa shape index (κ1) is 17.3. The Hall–Kier alpha value is -2.08. The van der Waals surface area contributed by atoms with Crippen LogP contribution in [0.25, 0.3) is 0 Å². The lowest BCUT2D eigenvalue weighted by molar-refractivity contribution is 0.0525. The molecular weight excluding hydrogens is 312 g/mol. The minimum atomic E-state index is -0.400. The number of carbonyl (C=O) groups is 2. The van der Waals surface area contributed by atoms with Crippen LogP contribution in [0.3, 0.4) is 0 Å². The van der Waals surface area contributed by atoms with E-state index < -0.39 is 5.97 Å². The number of thioether (sulfide) groups is 1. The molecule has 1 unspecified atom stereocenters. The molecule has 6 heteroatoms. The minimum absolute atomic E-state index is 0.0585. The average molecular weight is 332 g/mol. The first-order valence-corrected chi connectivity index (χ1v) is 8.31. The van der Waals surface area contributed by atoms with Crippen LogP contribution in [0, 0.1) is 13.8 Å². The second kappa shape index (κ2) is 7.46. The molecule has 0 fully saturated rings. The van der Waals surface area contributed by atoms with E-state index in [1.54, 1.807) is 27.0 Å². The van der Waals surface area contributed by atoms with Crippen LogP contribution in [0.4, 0.5) is 0 Å². The molecule has 2 aromatic rings. The van der Waals surface area contributed by atoms with Gasteiger partial charge in [-0.1, -0.05) is 17.8 Å². The van der Waals surface area contributed by atoms with Crippen molar-refractivity contribution in [2.24, 2.45) is 0 Å². The summed E-state index contributed by atoms with van der Waals surface area (Å²) in [6.45, 7) is 7.43. The molecule has 0 radical (unpaired) electrons. The Balaban J connectivity index is 2.22. The molecule has 0 bridgehead atoms. The number of aryl methyl sites for hydroxylation is 1. The molecule has 2 heterocycles. The number of nitrogens with one attached hydrogen (secondary N) is 1. The van der Waals surface area contributed by atoms with E-state index in [9.17, 15) is 9.59 Å². The first-order chi connectivity index (χ1) is 11.0. The van der Waals surface area contributed by atoms with Crippen molar-refractivity contribution in [1.82, 2.24) is 9.97 Å². The van der Waals surface area contributed by atoms with Crippen LogP contribution in [0.5, 0.6) is 0 Å². The Morgan fingerprint density at radius 2 is 2.09 bits per heavy atom. The maximum atomic E-state index is 12.7. The summed E-state index contributed by atoms with van der Waals surface area (Å²) >= 11 is 1.39. The maximum Gasteiger partial charge on any atom is 0.340 e. The number of carbonyl (C=O) groups excluding carboxylic acids is 2. The fourth-order valence-corrected chi connectivity index (χ4v) is 3.23. The number of H-pyrrole nitrogens is 1. The number of esters is 1. The summed E-state index contributed by atoms with van der Waals surface area (Å²) in [6.07, 6.45) is 1.70. The molecule has 5 nitrogen and oxygen atoms in total. The number of ether oxygens (including phenoxy) is 1. The molecule has 0 spiro atoms. The molecule has 23 heavy (non-hydrogen) atoms. The fourth-order valence-electron chi connectivity index (χ4n) is 2.36. The normalized spacial score (nSPS) is 12.0. The molecular formula is C17H20N2O3S. The van der Waals surface area contributed by atoms with Gasteiger partial charge in [0.1, 0.15) is 0 Å². The Labute approximate surface area is 139 Å². The van der Waals surface area contributed by atoms with Gasteiger partial charge in [-0.3, -0.25) is 4.79 Å². The summed E-state index contributed by atoms with van der Waals surface area (Å²) in [4.78, 5) is 32.0. The third-order valence-electron chi connectivity index (χ3n) is 3.47. The number of nitrogens with zero attached hydrogens (tertiary/aromatic N) is 1. The van der Waals surface area contributed by atoms with Crippen molar-refractivity contribution in [2.75, 3.05) is 6.61 Å². The highest BCUT2D eigenvalue weighted by molar-refractivity contribution is 8.00. The van der Waals surface area contributed by atoms with Crippen molar-refractivity contribution in [3.05, 3.63) is 46.9 Å². The van der Waals surface area contributed by atoms with Crippen molar-refractivity contribution in [2.45, 2.75) is 38.0 Å². The maximum absolute atomic E-state index is 12.7. The highest BCUT2D eigenvalue weighted by Gasteiger charge is 2.26. The van der Waals surface area contributed by atoms with Gasteiger partial charge in [0.05, 0.1) is 28.1 Å². The molecule has 2 aromatic heterocycles. The van der Waals surface area contributed by atoms with Crippen molar-refractivity contribution in [1.29, 1.82) is 0 Å². The third kappa shape index (κ3) is 3.82. The number of hydrogen-bond acceptors (Lipinski definition) is 5. The van der Waals surface area contributed by atoms with E-state index in [0.29, 0.717) is 29.1 Å². The van der Waals surface area contributed by atoms with Gasteiger partial charge in [-0.25, -0.2) is 9.78 Å². The van der Waals surface area contributed by atoms with E-state index in [2.05, 4.69) is 9.97 Å². The Morgan fingerprint density at radius 1 is 1.35 bits per heavy atom. The van der Waals surface area contributed by atoms with Crippen molar-refractivity contribution < 1.29 is 14.3 Å². The summed E-state index contributed by atoms with van der Waals surface area (Å²) in [5.41, 5.74) is 2.20. The molecule has 1 atom stereocenters. The predicted octanol–water partition coefficient (Wildman–Crippen LogP) is 3.57. The lowest BCUT2D eigenvalue weighted by Crippen LogP contribution is -2.15. The van der Waals surface area contributed by atoms with Crippen molar-refractivity contribution in [3.8, 4) is 0 Å². The van der Waals surface area contributed by atoms with Crippen LogP contribution in [0.2, 0.25) is 0 Å². The highest BCUT2D eigenvalue weighted by Crippen LogP contribution is 2.26. The first-order valence-electron chi connectivity index (χ1n) is 7.43. The van der Waals surface area contributed by atoms with E-state index in [1.165, 1.54) is 11.8 Å². The van der Waals surface area contributed by atoms with E-state index in [0.717, 1.165) is 5.03 Å². The summed E-state index contributed by atoms with van der Waals surface area (Å²) in [5.74, 6) is -0.459. The van der Waals surface area contributed by atoms with Crippen LogP contribution in [-0.2, 0) is 4.74 Å². The zero-order valence-electron chi connectivity index (χ0n) is 13.7. The predicted molar refractivity (Wildman–Crippen MR) is 90.1 cm³/mol. The van der Waals surface area contributed by atoms with Gasteiger partial charge < -0.3 is 9.72 Å². The van der Waals surface area contributed by atoms with E-state index in [1.807, 2.05) is 25.1 Å². The quantitative estimate of drug-likeness (QED) is 0.497. The lowest BCUT2D eigenvalue weighted by atomic mass is 10.1. The fraction of sp³-hybridized carbons (Fsp3) is 0.353. The standard InChI is InChI=1S/C17H20N2O3S/c1-5-22-17(21)14-10(2)15(19-11(14)3)16(20)12(4)23-13-8-6-7-9-18-13/h6-9,12,19H,5H2,1-4H3. The van der Waals surface area contributed by atoms with Gasteiger partial charge in [0.2, 0.25) is 0 Å².